The molecule has 6 nitrogen and oxygen atoms in total. The first kappa shape index (κ1) is 27.9. The highest BCUT2D eigenvalue weighted by Crippen LogP contribution is 2.40. The molecule has 2 aliphatic heterocycles. The summed E-state index contributed by atoms with van der Waals surface area (Å²) in [4.78, 5) is 6.52. The average molecular weight is 595 g/mol. The third-order valence-corrected chi connectivity index (χ3v) is 7.93. The Kier molecular flexibility index (Phi) is 8.42. The van der Waals surface area contributed by atoms with Gasteiger partial charge in [-0.1, -0.05) is 59.6 Å². The van der Waals surface area contributed by atoms with Crippen LogP contribution in [0, 0.1) is 5.82 Å². The minimum atomic E-state index is -1.08. The van der Waals surface area contributed by atoms with Gasteiger partial charge in [0, 0.05) is 42.6 Å². The molecule has 6 rings (SSSR count). The van der Waals surface area contributed by atoms with E-state index in [9.17, 15) is 4.39 Å². The molecule has 1 saturated heterocycles. The van der Waals surface area contributed by atoms with Crippen molar-refractivity contribution in [2.45, 2.75) is 31.4 Å². The van der Waals surface area contributed by atoms with E-state index < -0.39 is 5.79 Å². The lowest BCUT2D eigenvalue weighted by molar-refractivity contribution is -0.189. The van der Waals surface area contributed by atoms with Crippen molar-refractivity contribution in [2.75, 3.05) is 26.3 Å². The van der Waals surface area contributed by atoms with Crippen molar-refractivity contribution >= 4 is 29.3 Å². The first-order chi connectivity index (χ1) is 20.0. The number of imidazole rings is 1. The van der Waals surface area contributed by atoms with Crippen LogP contribution in [0.15, 0.2) is 85.5 Å². The van der Waals surface area contributed by atoms with Crippen molar-refractivity contribution in [3.8, 4) is 5.75 Å². The van der Waals surface area contributed by atoms with Crippen LogP contribution in [0.25, 0.3) is 6.08 Å². The van der Waals surface area contributed by atoms with Crippen molar-refractivity contribution < 1.29 is 18.6 Å². The summed E-state index contributed by atoms with van der Waals surface area (Å²) in [6, 6.07) is 18.2. The topological polar surface area (TPSA) is 48.8 Å². The smallest absolute Gasteiger partial charge is 0.215 e. The van der Waals surface area contributed by atoms with Gasteiger partial charge in [0.1, 0.15) is 24.3 Å². The molecule has 0 aliphatic carbocycles. The monoisotopic (exact) mass is 593 g/mol. The van der Waals surface area contributed by atoms with Crippen LogP contribution in [0.2, 0.25) is 10.0 Å². The fourth-order valence-corrected chi connectivity index (χ4v) is 5.90. The minimum Gasteiger partial charge on any atom is -0.491 e. The number of hydrogen-bond donors (Lipinski definition) is 0. The highest BCUT2D eigenvalue weighted by Gasteiger charge is 2.45. The van der Waals surface area contributed by atoms with E-state index in [2.05, 4.69) is 28.1 Å². The van der Waals surface area contributed by atoms with E-state index >= 15 is 0 Å². The van der Waals surface area contributed by atoms with Crippen LogP contribution in [0.4, 0.5) is 4.39 Å². The Morgan fingerprint density at radius 1 is 1.10 bits per heavy atom. The Labute approximate surface area is 248 Å². The Hall–Kier alpha value is -3.20. The molecular weight excluding hydrogens is 564 g/mol. The molecular formula is C32H30Cl2FN3O3. The van der Waals surface area contributed by atoms with Crippen LogP contribution in [-0.4, -0.2) is 46.9 Å². The van der Waals surface area contributed by atoms with Crippen LogP contribution in [0.5, 0.6) is 5.75 Å². The van der Waals surface area contributed by atoms with Crippen LogP contribution in [0.1, 0.15) is 22.3 Å². The highest BCUT2D eigenvalue weighted by molar-refractivity contribution is 6.35. The Morgan fingerprint density at radius 3 is 2.85 bits per heavy atom. The van der Waals surface area contributed by atoms with Gasteiger partial charge in [-0.05, 0) is 59.5 Å². The number of nitrogens with zero attached hydrogens (tertiary/aromatic N) is 3. The van der Waals surface area contributed by atoms with Crippen molar-refractivity contribution in [1.82, 2.24) is 14.5 Å². The Morgan fingerprint density at radius 2 is 2.02 bits per heavy atom. The minimum absolute atomic E-state index is 0.219. The van der Waals surface area contributed by atoms with Gasteiger partial charge in [0.15, 0.2) is 0 Å². The van der Waals surface area contributed by atoms with Crippen molar-refractivity contribution in [3.63, 3.8) is 0 Å². The first-order valence-electron chi connectivity index (χ1n) is 13.6. The SMILES string of the molecule is Fc1cccc(C=CCN2CCc3cc(OC[C@H]4CO[C@](Cn5ccnc5)(c5ccc(Cl)cc5Cl)O4)ccc3C2)c1. The lowest BCUT2D eigenvalue weighted by atomic mass is 9.99. The van der Waals surface area contributed by atoms with Crippen LogP contribution >= 0.6 is 23.2 Å². The maximum atomic E-state index is 13.4. The number of ether oxygens (including phenoxy) is 3. The second-order valence-electron chi connectivity index (χ2n) is 10.3. The molecule has 0 radical (unpaired) electrons. The zero-order valence-corrected chi connectivity index (χ0v) is 23.9. The fraction of sp³-hybridized carbons (Fsp3) is 0.281. The van der Waals surface area contributed by atoms with Crippen molar-refractivity contribution in [1.29, 1.82) is 0 Å². The van der Waals surface area contributed by atoms with Crippen LogP contribution in [0.3, 0.4) is 0 Å². The van der Waals surface area contributed by atoms with Gasteiger partial charge in [0.25, 0.3) is 0 Å². The normalized spacial score (nSPS) is 20.9. The fourth-order valence-electron chi connectivity index (χ4n) is 5.35. The molecule has 9 heteroatoms. The lowest BCUT2D eigenvalue weighted by Gasteiger charge is -2.30. The number of rotatable bonds is 9. The summed E-state index contributed by atoms with van der Waals surface area (Å²) in [5.41, 5.74) is 4.17. The molecule has 0 bridgehead atoms. The highest BCUT2D eigenvalue weighted by atomic mass is 35.5. The molecule has 41 heavy (non-hydrogen) atoms. The first-order valence-corrected chi connectivity index (χ1v) is 14.3. The Bertz CT molecular complexity index is 1530. The molecule has 212 valence electrons. The molecule has 2 aliphatic rings. The van der Waals surface area contributed by atoms with Gasteiger partial charge in [0.2, 0.25) is 5.79 Å². The van der Waals surface area contributed by atoms with E-state index in [4.69, 9.17) is 37.4 Å². The van der Waals surface area contributed by atoms with Gasteiger partial charge in [-0.2, -0.15) is 0 Å². The summed E-state index contributed by atoms with van der Waals surface area (Å²) < 4.78 is 34.3. The second-order valence-corrected chi connectivity index (χ2v) is 11.2. The molecule has 0 spiro atoms. The lowest BCUT2D eigenvalue weighted by Crippen LogP contribution is -2.34. The summed E-state index contributed by atoms with van der Waals surface area (Å²) in [7, 11) is 0. The van der Waals surface area contributed by atoms with Crippen molar-refractivity contribution in [2.24, 2.45) is 0 Å². The van der Waals surface area contributed by atoms with E-state index in [1.54, 1.807) is 36.8 Å². The van der Waals surface area contributed by atoms with Gasteiger partial charge in [0.05, 0.1) is 24.5 Å². The Balaban J connectivity index is 1.07. The predicted molar refractivity (Wildman–Crippen MR) is 158 cm³/mol. The molecule has 1 aromatic heterocycles. The van der Waals surface area contributed by atoms with Crippen LogP contribution in [-0.2, 0) is 34.8 Å². The zero-order chi connectivity index (χ0) is 28.2. The van der Waals surface area contributed by atoms with E-state index in [-0.39, 0.29) is 11.9 Å². The number of hydrogen-bond acceptors (Lipinski definition) is 5. The van der Waals surface area contributed by atoms with Crippen LogP contribution < -0.4 is 4.74 Å². The summed E-state index contributed by atoms with van der Waals surface area (Å²) in [5.74, 6) is -0.494. The summed E-state index contributed by atoms with van der Waals surface area (Å²) in [5, 5.41) is 1.03. The predicted octanol–water partition coefficient (Wildman–Crippen LogP) is 6.75. The molecule has 3 heterocycles. The number of fused-ring (bicyclic) bond motifs is 1. The van der Waals surface area contributed by atoms with Gasteiger partial charge in [-0.15, -0.1) is 0 Å². The summed E-state index contributed by atoms with van der Waals surface area (Å²) in [6.45, 7) is 3.70. The van der Waals surface area contributed by atoms with Crippen molar-refractivity contribution in [3.05, 3.63) is 124 Å². The number of benzene rings is 3. The second kappa shape index (κ2) is 12.3. The number of halogens is 3. The van der Waals surface area contributed by atoms with E-state index in [0.717, 1.165) is 37.4 Å². The summed E-state index contributed by atoms with van der Waals surface area (Å²) >= 11 is 12.7. The zero-order valence-electron chi connectivity index (χ0n) is 22.4. The van der Waals surface area contributed by atoms with Gasteiger partial charge >= 0.3 is 0 Å². The third kappa shape index (κ3) is 6.66. The quantitative estimate of drug-likeness (QED) is 0.215. The van der Waals surface area contributed by atoms with E-state index in [1.807, 2.05) is 35.0 Å². The largest absolute Gasteiger partial charge is 0.491 e. The molecule has 0 amide bonds. The van der Waals surface area contributed by atoms with E-state index in [0.29, 0.717) is 35.4 Å². The maximum Gasteiger partial charge on any atom is 0.215 e. The summed E-state index contributed by atoms with van der Waals surface area (Å²) in [6.07, 6.45) is 9.99. The molecule has 2 atom stereocenters. The van der Waals surface area contributed by atoms with Gasteiger partial charge in [-0.3, -0.25) is 4.90 Å². The van der Waals surface area contributed by atoms with E-state index in [1.165, 1.54) is 17.2 Å². The average Bonchev–Trinajstić information content (AvgIpc) is 3.62. The molecule has 0 N–H and O–H groups in total. The molecule has 1 fully saturated rings. The number of aromatic nitrogens is 2. The molecule has 4 aromatic rings. The standard InChI is InChI=1S/C32H30Cl2FN3O3/c33-26-7-9-30(31(34)17-26)32(21-38-14-11-36-22-38)40-20-29(41-32)19-39-28-8-6-25-18-37(13-10-24(25)16-28)12-2-4-23-3-1-5-27(35)15-23/h1-9,11,14-17,22,29H,10,12-13,18-21H2/t29-,32-/m0/s1. The van der Waals surface area contributed by atoms with Gasteiger partial charge in [-0.25, -0.2) is 9.37 Å². The molecule has 0 unspecified atom stereocenters. The maximum absolute atomic E-state index is 13.4. The molecule has 0 saturated carbocycles. The van der Waals surface area contributed by atoms with Gasteiger partial charge < -0.3 is 18.8 Å². The third-order valence-electron chi connectivity index (χ3n) is 7.38. The molecule has 3 aromatic carbocycles.